The highest BCUT2D eigenvalue weighted by Crippen LogP contribution is 2.22. The standard InChI is InChI=1S/C15H13BrFNOS/c1-9-2-3-10(15(18)20)7-14(9)19-8-11-6-12(16)4-5-13(11)17/h2-7H,8H2,1H3,(H2,18,20). The van der Waals surface area contributed by atoms with Gasteiger partial charge in [-0.15, -0.1) is 0 Å². The number of thiocarbonyl (C=S) groups is 1. The maximum Gasteiger partial charge on any atom is 0.129 e. The van der Waals surface area contributed by atoms with Crippen LogP contribution in [0.4, 0.5) is 4.39 Å². The quantitative estimate of drug-likeness (QED) is 0.840. The molecule has 0 heterocycles. The van der Waals surface area contributed by atoms with E-state index >= 15 is 0 Å². The Kier molecular flexibility index (Phi) is 4.73. The van der Waals surface area contributed by atoms with Gasteiger partial charge in [0.2, 0.25) is 0 Å². The van der Waals surface area contributed by atoms with Crippen molar-refractivity contribution in [1.29, 1.82) is 0 Å². The van der Waals surface area contributed by atoms with Gasteiger partial charge in [-0.2, -0.15) is 0 Å². The predicted octanol–water partition coefficient (Wildman–Crippen LogP) is 4.11. The molecule has 0 aromatic heterocycles. The number of ether oxygens (including phenoxy) is 1. The van der Waals surface area contributed by atoms with Crippen LogP contribution in [0.2, 0.25) is 0 Å². The molecule has 0 atom stereocenters. The summed E-state index contributed by atoms with van der Waals surface area (Å²) in [5.41, 5.74) is 7.76. The van der Waals surface area contributed by atoms with E-state index in [1.807, 2.05) is 19.1 Å². The Balaban J connectivity index is 2.20. The molecule has 0 fully saturated rings. The van der Waals surface area contributed by atoms with Gasteiger partial charge in [0.15, 0.2) is 0 Å². The van der Waals surface area contributed by atoms with E-state index in [0.29, 0.717) is 16.3 Å². The van der Waals surface area contributed by atoms with E-state index in [0.717, 1.165) is 15.6 Å². The van der Waals surface area contributed by atoms with E-state index in [-0.39, 0.29) is 12.4 Å². The zero-order chi connectivity index (χ0) is 14.7. The van der Waals surface area contributed by atoms with Crippen molar-refractivity contribution in [2.24, 2.45) is 5.73 Å². The molecule has 2 aromatic carbocycles. The molecule has 2 nitrogen and oxygen atoms in total. The fourth-order valence-electron chi connectivity index (χ4n) is 1.72. The molecule has 104 valence electrons. The summed E-state index contributed by atoms with van der Waals surface area (Å²) in [6.45, 7) is 2.06. The lowest BCUT2D eigenvalue weighted by Gasteiger charge is -2.11. The second-order valence-electron chi connectivity index (χ2n) is 4.37. The SMILES string of the molecule is Cc1ccc(C(N)=S)cc1OCc1cc(Br)ccc1F. The molecule has 0 radical (unpaired) electrons. The van der Waals surface area contributed by atoms with Crippen LogP contribution >= 0.6 is 28.1 Å². The van der Waals surface area contributed by atoms with Gasteiger partial charge in [0.1, 0.15) is 23.2 Å². The third-order valence-corrected chi connectivity index (χ3v) is 3.59. The number of benzene rings is 2. The minimum Gasteiger partial charge on any atom is -0.489 e. The topological polar surface area (TPSA) is 35.2 Å². The van der Waals surface area contributed by atoms with Crippen LogP contribution in [-0.2, 0) is 6.61 Å². The molecule has 0 bridgehead atoms. The third-order valence-electron chi connectivity index (χ3n) is 2.86. The Morgan fingerprint density at radius 3 is 2.75 bits per heavy atom. The largest absolute Gasteiger partial charge is 0.489 e. The Hall–Kier alpha value is -1.46. The van der Waals surface area contributed by atoms with E-state index in [1.54, 1.807) is 18.2 Å². The number of rotatable bonds is 4. The van der Waals surface area contributed by atoms with Crippen molar-refractivity contribution < 1.29 is 9.13 Å². The Morgan fingerprint density at radius 1 is 1.30 bits per heavy atom. The summed E-state index contributed by atoms with van der Waals surface area (Å²) in [7, 11) is 0. The van der Waals surface area contributed by atoms with Gasteiger partial charge in [0.25, 0.3) is 0 Å². The maximum atomic E-state index is 13.6. The van der Waals surface area contributed by atoms with Gasteiger partial charge < -0.3 is 10.5 Å². The fraction of sp³-hybridized carbons (Fsp3) is 0.133. The number of aryl methyl sites for hydroxylation is 1. The first kappa shape index (κ1) is 14.9. The molecule has 0 aliphatic heterocycles. The van der Waals surface area contributed by atoms with Gasteiger partial charge in [-0.1, -0.05) is 40.3 Å². The highest BCUT2D eigenvalue weighted by atomic mass is 79.9. The Bertz CT molecular complexity index is 660. The zero-order valence-corrected chi connectivity index (χ0v) is 13.2. The second-order valence-corrected chi connectivity index (χ2v) is 5.72. The molecule has 0 aliphatic carbocycles. The summed E-state index contributed by atoms with van der Waals surface area (Å²) in [6.07, 6.45) is 0. The second kappa shape index (κ2) is 6.33. The fourth-order valence-corrected chi connectivity index (χ4v) is 2.25. The molecule has 2 N–H and O–H groups in total. The summed E-state index contributed by atoms with van der Waals surface area (Å²) in [4.78, 5) is 0.309. The molecule has 5 heteroatoms. The van der Waals surface area contributed by atoms with Gasteiger partial charge in [-0.05, 0) is 36.8 Å². The van der Waals surface area contributed by atoms with Crippen LogP contribution in [0.3, 0.4) is 0 Å². The third kappa shape index (κ3) is 3.55. The van der Waals surface area contributed by atoms with Crippen molar-refractivity contribution in [3.63, 3.8) is 0 Å². The van der Waals surface area contributed by atoms with Crippen molar-refractivity contribution >= 4 is 33.1 Å². The van der Waals surface area contributed by atoms with Crippen LogP contribution in [-0.4, -0.2) is 4.99 Å². The zero-order valence-electron chi connectivity index (χ0n) is 10.8. The van der Waals surface area contributed by atoms with Crippen LogP contribution in [0.5, 0.6) is 5.75 Å². The van der Waals surface area contributed by atoms with Crippen molar-refractivity contribution in [3.8, 4) is 5.75 Å². The summed E-state index contributed by atoms with van der Waals surface area (Å²) >= 11 is 8.25. The average Bonchev–Trinajstić information content (AvgIpc) is 2.41. The van der Waals surface area contributed by atoms with Crippen LogP contribution in [0.1, 0.15) is 16.7 Å². The lowest BCUT2D eigenvalue weighted by Crippen LogP contribution is -2.10. The molecule has 2 rings (SSSR count). The van der Waals surface area contributed by atoms with Gasteiger partial charge >= 0.3 is 0 Å². The summed E-state index contributed by atoms with van der Waals surface area (Å²) < 4.78 is 20.1. The first-order chi connectivity index (χ1) is 9.47. The molecule has 0 amide bonds. The molecule has 0 unspecified atom stereocenters. The van der Waals surface area contributed by atoms with Crippen molar-refractivity contribution in [2.75, 3.05) is 0 Å². The van der Waals surface area contributed by atoms with Gasteiger partial charge in [-0.3, -0.25) is 0 Å². The number of halogens is 2. The van der Waals surface area contributed by atoms with E-state index in [1.165, 1.54) is 6.07 Å². The van der Waals surface area contributed by atoms with Crippen molar-refractivity contribution in [3.05, 3.63) is 63.4 Å². The van der Waals surface area contributed by atoms with Gasteiger partial charge in [0, 0.05) is 15.6 Å². The smallest absolute Gasteiger partial charge is 0.129 e. The molecule has 0 aliphatic rings. The Morgan fingerprint density at radius 2 is 2.05 bits per heavy atom. The highest BCUT2D eigenvalue weighted by Gasteiger charge is 2.07. The number of hydrogen-bond acceptors (Lipinski definition) is 2. The van der Waals surface area contributed by atoms with Crippen LogP contribution in [0, 0.1) is 12.7 Å². The van der Waals surface area contributed by atoms with Crippen molar-refractivity contribution in [2.45, 2.75) is 13.5 Å². The highest BCUT2D eigenvalue weighted by molar-refractivity contribution is 9.10. The minimum atomic E-state index is -0.295. The van der Waals surface area contributed by atoms with Crippen LogP contribution in [0.15, 0.2) is 40.9 Å². The van der Waals surface area contributed by atoms with Crippen LogP contribution in [0.25, 0.3) is 0 Å². The minimum absolute atomic E-state index is 0.146. The molecule has 0 saturated carbocycles. The predicted molar refractivity (Wildman–Crippen MR) is 85.5 cm³/mol. The van der Waals surface area contributed by atoms with E-state index in [2.05, 4.69) is 15.9 Å². The van der Waals surface area contributed by atoms with E-state index in [9.17, 15) is 4.39 Å². The lowest BCUT2D eigenvalue weighted by molar-refractivity contribution is 0.297. The molecule has 0 spiro atoms. The number of hydrogen-bond donors (Lipinski definition) is 1. The number of nitrogens with two attached hydrogens (primary N) is 1. The van der Waals surface area contributed by atoms with E-state index in [4.69, 9.17) is 22.7 Å². The van der Waals surface area contributed by atoms with E-state index < -0.39 is 0 Å². The summed E-state index contributed by atoms with van der Waals surface area (Å²) in [5.74, 6) is 0.353. The summed E-state index contributed by atoms with van der Waals surface area (Å²) in [5, 5.41) is 0. The average molecular weight is 354 g/mol. The van der Waals surface area contributed by atoms with Gasteiger partial charge in [-0.25, -0.2) is 4.39 Å². The first-order valence-electron chi connectivity index (χ1n) is 5.94. The van der Waals surface area contributed by atoms with Gasteiger partial charge in [0.05, 0.1) is 0 Å². The van der Waals surface area contributed by atoms with Crippen LogP contribution < -0.4 is 10.5 Å². The Labute approximate surface area is 130 Å². The lowest BCUT2D eigenvalue weighted by atomic mass is 10.1. The first-order valence-corrected chi connectivity index (χ1v) is 7.14. The van der Waals surface area contributed by atoms with Crippen molar-refractivity contribution in [1.82, 2.24) is 0 Å². The molecule has 2 aromatic rings. The monoisotopic (exact) mass is 353 g/mol. The maximum absolute atomic E-state index is 13.6. The normalized spacial score (nSPS) is 10.3. The molecule has 0 saturated heterocycles. The molecular formula is C15H13BrFNOS. The summed E-state index contributed by atoms with van der Waals surface area (Å²) in [6, 6.07) is 10.2. The molecule has 20 heavy (non-hydrogen) atoms. The molecular weight excluding hydrogens is 341 g/mol.